The number of nitrogens with one attached hydrogen (secondary N) is 2. The van der Waals surface area contributed by atoms with Gasteiger partial charge in [0.05, 0.1) is 34.5 Å². The lowest BCUT2D eigenvalue weighted by Crippen LogP contribution is -2.35. The molecular formula is C27H22FN3O5S. The van der Waals surface area contributed by atoms with Crippen LogP contribution in [0.3, 0.4) is 0 Å². The van der Waals surface area contributed by atoms with Crippen LogP contribution in [0.25, 0.3) is 33.0 Å². The van der Waals surface area contributed by atoms with Gasteiger partial charge in [0.2, 0.25) is 10.0 Å². The quantitative estimate of drug-likeness (QED) is 0.344. The lowest BCUT2D eigenvalue weighted by atomic mass is 10.0. The van der Waals surface area contributed by atoms with Crippen molar-refractivity contribution in [3.63, 3.8) is 0 Å². The molecule has 0 bridgehead atoms. The van der Waals surface area contributed by atoms with Gasteiger partial charge in [0.15, 0.2) is 0 Å². The monoisotopic (exact) mass is 519 g/mol. The van der Waals surface area contributed by atoms with Gasteiger partial charge in [-0.05, 0) is 55.7 Å². The molecule has 37 heavy (non-hydrogen) atoms. The van der Waals surface area contributed by atoms with E-state index in [1.165, 1.54) is 12.5 Å². The summed E-state index contributed by atoms with van der Waals surface area (Å²) in [6.45, 7) is 1.57. The van der Waals surface area contributed by atoms with E-state index in [0.717, 1.165) is 5.39 Å². The second-order valence-corrected chi connectivity index (χ2v) is 11.2. The molecule has 8 nitrogen and oxygen atoms in total. The summed E-state index contributed by atoms with van der Waals surface area (Å²) < 4.78 is 50.2. The summed E-state index contributed by atoms with van der Waals surface area (Å²) in [4.78, 5) is 29.4. The largest absolute Gasteiger partial charge is 0.464 e. The number of hydrogen-bond acceptors (Lipinski definition) is 5. The number of carbonyl (C=O) groups is 1. The molecule has 2 aromatic carbocycles. The van der Waals surface area contributed by atoms with Crippen LogP contribution < -0.4 is 10.3 Å². The maximum Gasteiger partial charge on any atom is 0.282 e. The van der Waals surface area contributed by atoms with Crippen molar-refractivity contribution in [1.82, 2.24) is 14.3 Å². The van der Waals surface area contributed by atoms with Crippen LogP contribution in [0.4, 0.5) is 4.39 Å². The second-order valence-electron chi connectivity index (χ2n) is 9.24. The average molecular weight is 520 g/mol. The Morgan fingerprint density at radius 2 is 1.97 bits per heavy atom. The van der Waals surface area contributed by atoms with E-state index in [9.17, 15) is 18.0 Å². The molecule has 1 amide bonds. The van der Waals surface area contributed by atoms with Crippen molar-refractivity contribution in [2.24, 2.45) is 0 Å². The molecule has 0 saturated heterocycles. The van der Waals surface area contributed by atoms with Crippen molar-refractivity contribution in [2.75, 3.05) is 0 Å². The molecule has 0 radical (unpaired) electrons. The van der Waals surface area contributed by atoms with Crippen molar-refractivity contribution in [3.05, 3.63) is 94.0 Å². The van der Waals surface area contributed by atoms with Gasteiger partial charge in [-0.1, -0.05) is 18.2 Å². The van der Waals surface area contributed by atoms with Crippen molar-refractivity contribution in [1.29, 1.82) is 0 Å². The number of fused-ring (bicyclic) bond motifs is 3. The Morgan fingerprint density at radius 3 is 2.73 bits per heavy atom. The summed E-state index contributed by atoms with van der Waals surface area (Å²) in [7, 11) is -3.91. The third-order valence-corrected chi connectivity index (χ3v) is 8.57. The van der Waals surface area contributed by atoms with Crippen LogP contribution in [0.15, 0.2) is 70.2 Å². The number of aromatic amines is 1. The molecule has 188 valence electrons. The topological polar surface area (TPSA) is 114 Å². The zero-order chi connectivity index (χ0) is 25.9. The van der Waals surface area contributed by atoms with Gasteiger partial charge in [-0.15, -0.1) is 0 Å². The molecule has 3 aromatic heterocycles. The Kier molecular flexibility index (Phi) is 5.30. The van der Waals surface area contributed by atoms with Crippen LogP contribution >= 0.6 is 0 Å². The molecule has 10 heteroatoms. The summed E-state index contributed by atoms with van der Waals surface area (Å²) >= 11 is 0. The number of carbonyl (C=O) groups excluding carboxylic acids is 1. The maximum absolute atomic E-state index is 15.1. The Labute approximate surface area is 210 Å². The zero-order valence-electron chi connectivity index (χ0n) is 19.7. The number of rotatable bonds is 6. The summed E-state index contributed by atoms with van der Waals surface area (Å²) in [5.41, 5.74) is 1.51. The number of H-pyrrole nitrogens is 1. The van der Waals surface area contributed by atoms with Crippen molar-refractivity contribution >= 4 is 37.8 Å². The first-order valence-corrected chi connectivity index (χ1v) is 13.3. The number of benzene rings is 2. The number of aryl methyl sites for hydroxylation is 1. The lowest BCUT2D eigenvalue weighted by Gasteiger charge is -2.14. The maximum atomic E-state index is 15.1. The van der Waals surface area contributed by atoms with E-state index in [4.69, 9.17) is 4.42 Å². The van der Waals surface area contributed by atoms with Crippen molar-refractivity contribution < 1.29 is 22.0 Å². The van der Waals surface area contributed by atoms with E-state index in [1.807, 2.05) is 0 Å². The highest BCUT2D eigenvalue weighted by atomic mass is 32.2. The normalized spacial score (nSPS) is 13.9. The number of furan rings is 1. The highest BCUT2D eigenvalue weighted by molar-refractivity contribution is 7.91. The Balaban J connectivity index is 1.70. The molecule has 1 saturated carbocycles. The van der Waals surface area contributed by atoms with Gasteiger partial charge in [-0.3, -0.25) is 9.59 Å². The van der Waals surface area contributed by atoms with Crippen LogP contribution in [0.5, 0.6) is 0 Å². The van der Waals surface area contributed by atoms with Crippen LogP contribution in [-0.2, 0) is 16.6 Å². The van der Waals surface area contributed by atoms with Crippen LogP contribution in [0, 0.1) is 12.7 Å². The fourth-order valence-electron chi connectivity index (χ4n) is 4.78. The molecule has 1 fully saturated rings. The average Bonchev–Trinajstić information content (AvgIpc) is 3.54. The molecule has 0 atom stereocenters. The van der Waals surface area contributed by atoms with Gasteiger partial charge >= 0.3 is 0 Å². The van der Waals surface area contributed by atoms with Gasteiger partial charge in [0.1, 0.15) is 17.1 Å². The summed E-state index contributed by atoms with van der Waals surface area (Å²) in [6, 6.07) is 13.4. The number of pyridine rings is 1. The summed E-state index contributed by atoms with van der Waals surface area (Å²) in [6.07, 6.45) is 3.90. The van der Waals surface area contributed by atoms with E-state index < -0.39 is 32.6 Å². The first kappa shape index (κ1) is 23.2. The Bertz CT molecular complexity index is 1880. The SMILES string of the molecule is Cc1cccc(Cn2c(C(=O)NS(=O)(=O)C3CC3)c(-c3ccc[nH]c3=O)c3c4occc4ccc32)c1F. The molecule has 2 N–H and O–H groups in total. The molecule has 0 unspecified atom stereocenters. The number of sulfonamides is 1. The Hall–Kier alpha value is -4.18. The van der Waals surface area contributed by atoms with Crippen LogP contribution in [0.1, 0.15) is 34.5 Å². The fraction of sp³-hybridized carbons (Fsp3) is 0.185. The van der Waals surface area contributed by atoms with E-state index >= 15 is 4.39 Å². The number of aromatic nitrogens is 2. The van der Waals surface area contributed by atoms with E-state index in [-0.39, 0.29) is 23.4 Å². The van der Waals surface area contributed by atoms with Crippen molar-refractivity contribution in [2.45, 2.75) is 31.6 Å². The minimum atomic E-state index is -3.91. The highest BCUT2D eigenvalue weighted by Crippen LogP contribution is 2.39. The second kappa shape index (κ2) is 8.45. The smallest absolute Gasteiger partial charge is 0.282 e. The standard InChI is InChI=1S/C27H22FN3O5S/c1-15-4-2-5-17(23(15)28)14-31-20-10-7-16-11-13-36-25(16)22(20)21(19-6-3-12-29-26(19)32)24(31)27(33)30-37(34,35)18-8-9-18/h2-7,10-13,18H,8-9,14H2,1H3,(H,29,32)(H,30,33). The van der Waals surface area contributed by atoms with E-state index in [2.05, 4.69) is 9.71 Å². The number of halogens is 1. The predicted molar refractivity (Wildman–Crippen MR) is 137 cm³/mol. The van der Waals surface area contributed by atoms with Gasteiger partial charge < -0.3 is 14.0 Å². The first-order valence-electron chi connectivity index (χ1n) is 11.8. The lowest BCUT2D eigenvalue weighted by molar-refractivity contribution is 0.0974. The van der Waals surface area contributed by atoms with Crippen LogP contribution in [0.2, 0.25) is 0 Å². The summed E-state index contributed by atoms with van der Waals surface area (Å²) in [5, 5.41) is 0.558. The zero-order valence-corrected chi connectivity index (χ0v) is 20.6. The van der Waals surface area contributed by atoms with Gasteiger partial charge in [0, 0.05) is 22.7 Å². The molecule has 3 heterocycles. The minimum Gasteiger partial charge on any atom is -0.464 e. The molecular weight excluding hydrogens is 497 g/mol. The van der Waals surface area contributed by atoms with Gasteiger partial charge in [-0.2, -0.15) is 0 Å². The van der Waals surface area contributed by atoms with Gasteiger partial charge in [-0.25, -0.2) is 17.5 Å². The number of hydrogen-bond donors (Lipinski definition) is 2. The number of amides is 1. The first-order chi connectivity index (χ1) is 17.8. The third-order valence-electron chi connectivity index (χ3n) is 6.75. The molecule has 1 aliphatic rings. The molecule has 0 spiro atoms. The summed E-state index contributed by atoms with van der Waals surface area (Å²) in [5.74, 6) is -1.33. The van der Waals surface area contributed by atoms with E-state index in [1.54, 1.807) is 60.0 Å². The predicted octanol–water partition coefficient (Wildman–Crippen LogP) is 4.46. The third kappa shape index (κ3) is 3.84. The van der Waals surface area contributed by atoms with Crippen LogP contribution in [-0.4, -0.2) is 29.1 Å². The molecule has 6 rings (SSSR count). The molecule has 1 aliphatic carbocycles. The highest BCUT2D eigenvalue weighted by Gasteiger charge is 2.38. The van der Waals surface area contributed by atoms with Gasteiger partial charge in [0.25, 0.3) is 11.5 Å². The van der Waals surface area contributed by atoms with Crippen molar-refractivity contribution in [3.8, 4) is 11.1 Å². The fourth-order valence-corrected chi connectivity index (χ4v) is 6.06. The molecule has 0 aliphatic heterocycles. The Morgan fingerprint density at radius 1 is 1.16 bits per heavy atom. The molecule has 5 aromatic rings. The number of nitrogens with zero attached hydrogens (tertiary/aromatic N) is 1. The minimum absolute atomic E-state index is 0.0688. The van der Waals surface area contributed by atoms with E-state index in [0.29, 0.717) is 40.5 Å².